The molecule has 4 aromatic rings. The average Bonchev–Trinajstić information content (AvgIpc) is 3.99. The number of rotatable bonds is 4. The van der Waals surface area contributed by atoms with Crippen molar-refractivity contribution in [3.05, 3.63) is 84.0 Å². The van der Waals surface area contributed by atoms with Crippen molar-refractivity contribution in [2.75, 3.05) is 0 Å². The van der Waals surface area contributed by atoms with E-state index >= 15 is 0 Å². The van der Waals surface area contributed by atoms with E-state index in [1.165, 1.54) is 68.2 Å². The van der Waals surface area contributed by atoms with Gasteiger partial charge in [0.1, 0.15) is 12.4 Å². The fourth-order valence-electron chi connectivity index (χ4n) is 16.8. The highest BCUT2D eigenvalue weighted by atomic mass is 16.5. The largest absolute Gasteiger partial charge is 0.485 e. The smallest absolute Gasteiger partial charge is 0.182 e. The van der Waals surface area contributed by atoms with Crippen LogP contribution in [0.5, 0.6) is 5.75 Å². The first-order valence-electron chi connectivity index (χ1n) is 23.5. The van der Waals surface area contributed by atoms with Gasteiger partial charge in [-0.3, -0.25) is 4.40 Å². The van der Waals surface area contributed by atoms with Gasteiger partial charge < -0.3 is 9.84 Å². The minimum absolute atomic E-state index is 0.143. The first-order chi connectivity index (χ1) is 28.5. The number of aliphatic hydroxyl groups excluding tert-OH is 1. The quantitative estimate of drug-likeness (QED) is 0.207. The van der Waals surface area contributed by atoms with Gasteiger partial charge in [0.2, 0.25) is 0 Å². The Kier molecular flexibility index (Phi) is 8.08. The number of aromatic nitrogens is 6. The summed E-state index contributed by atoms with van der Waals surface area (Å²) in [6.45, 7) is 12.8. The molecular weight excluding hydrogens is 729 g/mol. The monoisotopic (exact) mass is 793 g/mol. The number of fused-ring (bicyclic) bond motifs is 12. The van der Waals surface area contributed by atoms with Crippen LogP contribution in [0.3, 0.4) is 0 Å². The van der Waals surface area contributed by atoms with Gasteiger partial charge >= 0.3 is 0 Å². The predicted molar refractivity (Wildman–Crippen MR) is 230 cm³/mol. The molecule has 8 aliphatic rings. The molecule has 0 bridgehead atoms. The lowest BCUT2D eigenvalue weighted by Gasteiger charge is -2.58. The zero-order valence-corrected chi connectivity index (χ0v) is 36.0. The number of hydrogen-bond donors (Lipinski definition) is 1. The van der Waals surface area contributed by atoms with Crippen LogP contribution in [-0.4, -0.2) is 46.3 Å². The number of aliphatic hydroxyl groups is 1. The molecule has 5 saturated carbocycles. The van der Waals surface area contributed by atoms with Crippen LogP contribution in [0.1, 0.15) is 142 Å². The number of ether oxygens (including phenoxy) is 1. The molecule has 12 rings (SSSR count). The number of imidazole rings is 1. The van der Waals surface area contributed by atoms with Crippen molar-refractivity contribution in [1.82, 2.24) is 29.0 Å². The van der Waals surface area contributed by atoms with Gasteiger partial charge in [-0.25, -0.2) is 19.5 Å². The maximum atomic E-state index is 10.5. The Labute approximate surface area is 350 Å². The molecule has 310 valence electrons. The predicted octanol–water partition coefficient (Wildman–Crippen LogP) is 10.8. The second-order valence-corrected chi connectivity index (χ2v) is 22.0. The van der Waals surface area contributed by atoms with E-state index < -0.39 is 0 Å². The van der Waals surface area contributed by atoms with Crippen molar-refractivity contribution in [2.24, 2.45) is 63.1 Å². The van der Waals surface area contributed by atoms with Gasteiger partial charge in [-0.05, 0) is 158 Å². The molecule has 0 amide bonds. The van der Waals surface area contributed by atoms with Crippen molar-refractivity contribution >= 4 is 16.9 Å². The Morgan fingerprint density at radius 2 is 1.49 bits per heavy atom. The van der Waals surface area contributed by atoms with E-state index in [2.05, 4.69) is 74.7 Å². The third-order valence-electron chi connectivity index (χ3n) is 19.7. The van der Waals surface area contributed by atoms with Crippen LogP contribution >= 0.6 is 0 Å². The molecule has 14 atom stereocenters. The van der Waals surface area contributed by atoms with Crippen LogP contribution in [0, 0.1) is 63.1 Å². The molecule has 14 unspecified atom stereocenters. The summed E-state index contributed by atoms with van der Waals surface area (Å²) in [5.41, 5.74) is 10.1. The van der Waals surface area contributed by atoms with Gasteiger partial charge in [-0.1, -0.05) is 64.0 Å². The summed E-state index contributed by atoms with van der Waals surface area (Å²) in [6.07, 6.45) is 36.0. The van der Waals surface area contributed by atoms with Crippen molar-refractivity contribution in [2.45, 2.75) is 143 Å². The maximum absolute atomic E-state index is 10.5. The zero-order chi connectivity index (χ0) is 40.1. The summed E-state index contributed by atoms with van der Waals surface area (Å²) >= 11 is 0. The minimum atomic E-state index is -0.147. The Hall–Kier alpha value is -3.78. The van der Waals surface area contributed by atoms with Crippen LogP contribution in [0.4, 0.5) is 0 Å². The lowest BCUT2D eigenvalue weighted by Crippen LogP contribution is -2.50. The normalized spacial score (nSPS) is 43.7. The van der Waals surface area contributed by atoms with Crippen molar-refractivity contribution < 1.29 is 9.84 Å². The molecule has 1 N–H and O–H groups in total. The average molecular weight is 793 g/mol. The standard InChI is InChI=1S/C51H64N6O2/c1-30-23-42-36-10-7-31-24-33(58)13-17-48(31,2)41(36)16-20-51(42,5)45(30)43-27-54-47-44(28-52-29-56(43)47)59-34-14-18-49(3)32(25-34)8-9-35-38-11-12-39(50(38,4)19-15-40(35)49)37-26-55-57-22-6-21-53-46(37)57/h6-8,12,21-22,26-30,33-36,38,40-42,45,58H,9-11,13-20,23-25H2,1-5H3. The molecule has 5 fully saturated rings. The summed E-state index contributed by atoms with van der Waals surface area (Å²) in [5.74, 6) is 6.14. The van der Waals surface area contributed by atoms with E-state index in [0.29, 0.717) is 29.6 Å². The van der Waals surface area contributed by atoms with Crippen LogP contribution in [0.2, 0.25) is 0 Å². The van der Waals surface area contributed by atoms with E-state index in [4.69, 9.17) is 19.7 Å². The highest BCUT2D eigenvalue weighted by Gasteiger charge is 2.61. The lowest BCUT2D eigenvalue weighted by molar-refractivity contribution is -0.0414. The van der Waals surface area contributed by atoms with Crippen LogP contribution in [0.25, 0.3) is 16.9 Å². The molecule has 0 spiro atoms. The minimum Gasteiger partial charge on any atom is -0.485 e. The Morgan fingerprint density at radius 3 is 2.32 bits per heavy atom. The number of hydrogen-bond acceptors (Lipinski definition) is 6. The SMILES string of the molecule is CC1CC2C3CC=C4CC(O)CCC4(C)C3CCC2(C)C1c1cnc2c(OC3CCC4(C)C(=CCC5C4CCC4(C)C(c6cnn7cccnc67)=CCC54)C3)cncn12. The van der Waals surface area contributed by atoms with Crippen molar-refractivity contribution in [1.29, 1.82) is 0 Å². The molecular formula is C51H64N6O2. The molecule has 0 aromatic carbocycles. The molecule has 0 aliphatic heterocycles. The highest BCUT2D eigenvalue weighted by molar-refractivity contribution is 5.80. The van der Waals surface area contributed by atoms with Gasteiger partial charge in [0.15, 0.2) is 17.0 Å². The molecule has 4 heterocycles. The summed E-state index contributed by atoms with van der Waals surface area (Å²) in [6, 6.07) is 1.96. The van der Waals surface area contributed by atoms with E-state index in [-0.39, 0.29) is 33.9 Å². The van der Waals surface area contributed by atoms with Gasteiger partial charge in [0.05, 0.1) is 18.5 Å². The van der Waals surface area contributed by atoms with Crippen molar-refractivity contribution in [3.63, 3.8) is 0 Å². The summed E-state index contributed by atoms with van der Waals surface area (Å²) < 4.78 is 11.3. The van der Waals surface area contributed by atoms with Gasteiger partial charge in [0, 0.05) is 42.2 Å². The van der Waals surface area contributed by atoms with E-state index in [1.807, 2.05) is 35.5 Å². The fourth-order valence-corrected chi connectivity index (χ4v) is 16.8. The van der Waals surface area contributed by atoms with Crippen LogP contribution in [-0.2, 0) is 0 Å². The second kappa shape index (κ2) is 12.9. The lowest BCUT2D eigenvalue weighted by atomic mass is 9.47. The van der Waals surface area contributed by atoms with Crippen molar-refractivity contribution in [3.8, 4) is 5.75 Å². The zero-order valence-electron chi connectivity index (χ0n) is 36.0. The second-order valence-electron chi connectivity index (χ2n) is 22.0. The first kappa shape index (κ1) is 37.0. The molecule has 0 radical (unpaired) electrons. The Morgan fingerprint density at radius 1 is 0.746 bits per heavy atom. The van der Waals surface area contributed by atoms with Crippen LogP contribution < -0.4 is 4.74 Å². The summed E-state index contributed by atoms with van der Waals surface area (Å²) in [4.78, 5) is 14.7. The topological polar surface area (TPSA) is 89.8 Å². The molecule has 59 heavy (non-hydrogen) atoms. The van der Waals surface area contributed by atoms with Gasteiger partial charge in [-0.15, -0.1) is 0 Å². The molecule has 8 heteroatoms. The molecule has 4 aromatic heterocycles. The maximum Gasteiger partial charge on any atom is 0.182 e. The van der Waals surface area contributed by atoms with Crippen LogP contribution in [0.15, 0.2) is 72.8 Å². The van der Waals surface area contributed by atoms with Gasteiger partial charge in [0.25, 0.3) is 0 Å². The Bertz CT molecular complexity index is 2440. The van der Waals surface area contributed by atoms with E-state index in [0.717, 1.165) is 73.3 Å². The first-order valence-corrected chi connectivity index (χ1v) is 23.5. The molecule has 0 saturated heterocycles. The number of nitrogens with zero attached hydrogens (tertiary/aromatic N) is 6. The highest BCUT2D eigenvalue weighted by Crippen LogP contribution is 2.70. The van der Waals surface area contributed by atoms with E-state index in [1.54, 1.807) is 11.1 Å². The Balaban J connectivity index is 0.770. The molecule has 8 nitrogen and oxygen atoms in total. The summed E-state index contributed by atoms with van der Waals surface area (Å²) in [5, 5.41) is 15.2. The number of allylic oxidation sites excluding steroid dienone is 4. The third kappa shape index (κ3) is 5.10. The summed E-state index contributed by atoms with van der Waals surface area (Å²) in [7, 11) is 0. The third-order valence-corrected chi connectivity index (χ3v) is 19.7. The van der Waals surface area contributed by atoms with Gasteiger partial charge in [-0.2, -0.15) is 5.10 Å². The van der Waals surface area contributed by atoms with E-state index in [9.17, 15) is 5.11 Å². The molecule has 8 aliphatic carbocycles. The fraction of sp³-hybridized carbons (Fsp3) is 0.647.